The van der Waals surface area contributed by atoms with Crippen LogP contribution in [0.3, 0.4) is 0 Å². The van der Waals surface area contributed by atoms with E-state index < -0.39 is 5.97 Å². The Bertz CT molecular complexity index is 981. The van der Waals surface area contributed by atoms with Crippen LogP contribution in [-0.2, 0) is 11.2 Å². The molecule has 142 valence electrons. The number of rotatable bonds is 5. The summed E-state index contributed by atoms with van der Waals surface area (Å²) < 4.78 is 5.37. The monoisotopic (exact) mass is 393 g/mol. The van der Waals surface area contributed by atoms with E-state index in [-0.39, 0.29) is 12.3 Å². The van der Waals surface area contributed by atoms with Crippen LogP contribution in [0.4, 0.5) is 5.69 Å². The zero-order valence-corrected chi connectivity index (χ0v) is 16.4. The standard InChI is InChI=1S/C23H20ClNO3/c1-16-7-9-17(10-8-16)23(27)25(2)19-11-13-20(14-12-19)28-22(26)15-18-5-3-4-6-21(18)24/h3-14H,15H2,1-2H3. The maximum atomic E-state index is 12.6. The molecule has 0 spiro atoms. The molecule has 0 atom stereocenters. The molecule has 0 heterocycles. The molecule has 0 unspecified atom stereocenters. The normalized spacial score (nSPS) is 10.4. The highest BCUT2D eigenvalue weighted by molar-refractivity contribution is 6.31. The summed E-state index contributed by atoms with van der Waals surface area (Å²) in [5.74, 6) is -0.0922. The van der Waals surface area contributed by atoms with Crippen LogP contribution in [0.5, 0.6) is 5.75 Å². The Hall–Kier alpha value is -3.11. The molecular formula is C23H20ClNO3. The van der Waals surface area contributed by atoms with Crippen molar-refractivity contribution in [1.82, 2.24) is 0 Å². The summed E-state index contributed by atoms with van der Waals surface area (Å²) in [6.45, 7) is 1.98. The van der Waals surface area contributed by atoms with E-state index in [0.717, 1.165) is 5.56 Å². The summed E-state index contributed by atoms with van der Waals surface area (Å²) in [6, 6.07) is 21.4. The Morgan fingerprint density at radius 3 is 2.21 bits per heavy atom. The van der Waals surface area contributed by atoms with E-state index in [1.165, 1.54) is 0 Å². The minimum atomic E-state index is -0.398. The number of esters is 1. The summed E-state index contributed by atoms with van der Waals surface area (Å²) in [5, 5.41) is 0.533. The molecule has 0 saturated carbocycles. The lowest BCUT2D eigenvalue weighted by atomic mass is 10.1. The molecule has 3 aromatic carbocycles. The molecule has 3 aromatic rings. The van der Waals surface area contributed by atoms with Crippen molar-refractivity contribution in [3.63, 3.8) is 0 Å². The van der Waals surface area contributed by atoms with Crippen LogP contribution in [0.15, 0.2) is 72.8 Å². The molecule has 3 rings (SSSR count). The second-order valence-corrected chi connectivity index (χ2v) is 6.87. The predicted molar refractivity (Wildman–Crippen MR) is 111 cm³/mol. The van der Waals surface area contributed by atoms with Gasteiger partial charge < -0.3 is 9.64 Å². The number of carbonyl (C=O) groups is 2. The predicted octanol–water partition coefficient (Wildman–Crippen LogP) is 5.07. The van der Waals surface area contributed by atoms with Crippen LogP contribution < -0.4 is 9.64 Å². The summed E-state index contributed by atoms with van der Waals surface area (Å²) >= 11 is 6.07. The van der Waals surface area contributed by atoms with Crippen LogP contribution in [-0.4, -0.2) is 18.9 Å². The van der Waals surface area contributed by atoms with Crippen LogP contribution in [0.25, 0.3) is 0 Å². The lowest BCUT2D eigenvalue weighted by molar-refractivity contribution is -0.133. The number of ether oxygens (including phenoxy) is 1. The number of amides is 1. The number of halogens is 1. The maximum absolute atomic E-state index is 12.6. The number of hydrogen-bond acceptors (Lipinski definition) is 3. The molecule has 0 fully saturated rings. The molecule has 5 heteroatoms. The number of hydrogen-bond donors (Lipinski definition) is 0. The van der Waals surface area contributed by atoms with Gasteiger partial charge in [-0.05, 0) is 55.0 Å². The van der Waals surface area contributed by atoms with Crippen molar-refractivity contribution in [2.45, 2.75) is 13.3 Å². The fourth-order valence-electron chi connectivity index (χ4n) is 2.71. The van der Waals surface area contributed by atoms with Crippen molar-refractivity contribution in [3.05, 3.63) is 94.5 Å². The van der Waals surface area contributed by atoms with Gasteiger partial charge in [0, 0.05) is 23.3 Å². The largest absolute Gasteiger partial charge is 0.426 e. The maximum Gasteiger partial charge on any atom is 0.315 e. The second-order valence-electron chi connectivity index (χ2n) is 6.47. The quantitative estimate of drug-likeness (QED) is 0.449. The molecule has 0 radical (unpaired) electrons. The van der Waals surface area contributed by atoms with Crippen molar-refractivity contribution >= 4 is 29.2 Å². The number of aryl methyl sites for hydroxylation is 1. The first kappa shape index (κ1) is 19.6. The van der Waals surface area contributed by atoms with Crippen LogP contribution >= 0.6 is 11.6 Å². The first-order valence-electron chi connectivity index (χ1n) is 8.83. The highest BCUT2D eigenvalue weighted by Gasteiger charge is 2.14. The zero-order valence-electron chi connectivity index (χ0n) is 15.7. The Balaban J connectivity index is 1.64. The molecule has 0 aromatic heterocycles. The van der Waals surface area contributed by atoms with Gasteiger partial charge in [0.05, 0.1) is 6.42 Å². The minimum absolute atomic E-state index is 0.0905. The summed E-state index contributed by atoms with van der Waals surface area (Å²) in [4.78, 5) is 26.3. The van der Waals surface area contributed by atoms with Crippen LogP contribution in [0.2, 0.25) is 5.02 Å². The lowest BCUT2D eigenvalue weighted by Gasteiger charge is -2.18. The first-order valence-corrected chi connectivity index (χ1v) is 9.21. The van der Waals surface area contributed by atoms with Crippen molar-refractivity contribution < 1.29 is 14.3 Å². The minimum Gasteiger partial charge on any atom is -0.426 e. The van der Waals surface area contributed by atoms with Crippen LogP contribution in [0, 0.1) is 6.92 Å². The van der Waals surface area contributed by atoms with Gasteiger partial charge in [0.1, 0.15) is 5.75 Å². The van der Waals surface area contributed by atoms with Gasteiger partial charge in [0.15, 0.2) is 0 Å². The van der Waals surface area contributed by atoms with Gasteiger partial charge in [-0.15, -0.1) is 0 Å². The molecule has 1 amide bonds. The van der Waals surface area contributed by atoms with Gasteiger partial charge in [0.2, 0.25) is 0 Å². The molecule has 0 bridgehead atoms. The fraction of sp³-hybridized carbons (Fsp3) is 0.130. The molecule has 0 aliphatic rings. The third-order valence-electron chi connectivity index (χ3n) is 4.35. The molecule has 0 aliphatic heterocycles. The summed E-state index contributed by atoms with van der Waals surface area (Å²) in [5.41, 5.74) is 3.14. The van der Waals surface area contributed by atoms with Gasteiger partial charge in [-0.2, -0.15) is 0 Å². The van der Waals surface area contributed by atoms with E-state index in [1.54, 1.807) is 60.5 Å². The Labute approximate surface area is 169 Å². The number of carbonyl (C=O) groups excluding carboxylic acids is 2. The number of anilines is 1. The Morgan fingerprint density at radius 2 is 1.57 bits per heavy atom. The average Bonchev–Trinajstić information content (AvgIpc) is 2.70. The van der Waals surface area contributed by atoms with Crippen molar-refractivity contribution in [3.8, 4) is 5.75 Å². The lowest BCUT2D eigenvalue weighted by Crippen LogP contribution is -2.26. The van der Waals surface area contributed by atoms with E-state index in [1.807, 2.05) is 31.2 Å². The van der Waals surface area contributed by atoms with Gasteiger partial charge in [-0.3, -0.25) is 9.59 Å². The molecule has 28 heavy (non-hydrogen) atoms. The molecular weight excluding hydrogens is 374 g/mol. The second kappa shape index (κ2) is 8.72. The smallest absolute Gasteiger partial charge is 0.315 e. The fourth-order valence-corrected chi connectivity index (χ4v) is 2.91. The molecule has 4 nitrogen and oxygen atoms in total. The number of benzene rings is 3. The van der Waals surface area contributed by atoms with E-state index in [0.29, 0.717) is 27.6 Å². The third kappa shape index (κ3) is 4.78. The van der Waals surface area contributed by atoms with E-state index in [4.69, 9.17) is 16.3 Å². The molecule has 0 aliphatic carbocycles. The van der Waals surface area contributed by atoms with Crippen molar-refractivity contribution in [1.29, 1.82) is 0 Å². The Kier molecular flexibility index (Phi) is 6.12. The average molecular weight is 394 g/mol. The zero-order chi connectivity index (χ0) is 20.1. The van der Waals surface area contributed by atoms with E-state index >= 15 is 0 Å². The van der Waals surface area contributed by atoms with E-state index in [2.05, 4.69) is 0 Å². The van der Waals surface area contributed by atoms with Gasteiger partial charge in [-0.25, -0.2) is 0 Å². The molecule has 0 saturated heterocycles. The summed E-state index contributed by atoms with van der Waals surface area (Å²) in [6.07, 6.45) is 0.0905. The van der Waals surface area contributed by atoms with Crippen molar-refractivity contribution in [2.24, 2.45) is 0 Å². The third-order valence-corrected chi connectivity index (χ3v) is 4.72. The highest BCUT2D eigenvalue weighted by atomic mass is 35.5. The SMILES string of the molecule is Cc1ccc(C(=O)N(C)c2ccc(OC(=O)Cc3ccccc3Cl)cc2)cc1. The topological polar surface area (TPSA) is 46.6 Å². The Morgan fingerprint density at radius 1 is 0.929 bits per heavy atom. The van der Waals surface area contributed by atoms with Gasteiger partial charge >= 0.3 is 5.97 Å². The number of nitrogens with zero attached hydrogens (tertiary/aromatic N) is 1. The summed E-state index contributed by atoms with van der Waals surface area (Å²) in [7, 11) is 1.71. The molecule has 0 N–H and O–H groups in total. The van der Waals surface area contributed by atoms with Gasteiger partial charge in [0.25, 0.3) is 5.91 Å². The highest BCUT2D eigenvalue weighted by Crippen LogP contribution is 2.22. The first-order chi connectivity index (χ1) is 13.4. The van der Waals surface area contributed by atoms with E-state index in [9.17, 15) is 9.59 Å². The van der Waals surface area contributed by atoms with Crippen molar-refractivity contribution in [2.75, 3.05) is 11.9 Å². The van der Waals surface area contributed by atoms with Crippen LogP contribution in [0.1, 0.15) is 21.5 Å². The van der Waals surface area contributed by atoms with Gasteiger partial charge in [-0.1, -0.05) is 47.5 Å².